The maximum absolute atomic E-state index is 12.8. The van der Waals surface area contributed by atoms with E-state index in [-0.39, 0.29) is 30.4 Å². The summed E-state index contributed by atoms with van der Waals surface area (Å²) >= 11 is 0. The molecule has 1 aliphatic rings. The van der Waals surface area contributed by atoms with Gasteiger partial charge < -0.3 is 14.9 Å². The Morgan fingerprint density at radius 3 is 2.52 bits per heavy atom. The molecule has 25 heavy (non-hydrogen) atoms. The largest absolute Gasteiger partial charge is 0.480 e. The summed E-state index contributed by atoms with van der Waals surface area (Å²) < 4.78 is 31.9. The second kappa shape index (κ2) is 7.87. The molecule has 3 atom stereocenters. The monoisotopic (exact) mass is 367 g/mol. The van der Waals surface area contributed by atoms with Gasteiger partial charge in [-0.25, -0.2) is 8.42 Å². The van der Waals surface area contributed by atoms with Crippen LogP contribution in [0, 0.1) is 11.8 Å². The zero-order valence-corrected chi connectivity index (χ0v) is 14.9. The number of carbonyl (C=O) groups is 1. The van der Waals surface area contributed by atoms with Crippen molar-refractivity contribution in [2.24, 2.45) is 0 Å². The van der Waals surface area contributed by atoms with Crippen LogP contribution in [0.4, 0.5) is 0 Å². The fourth-order valence-electron chi connectivity index (χ4n) is 2.70. The van der Waals surface area contributed by atoms with E-state index in [4.69, 9.17) is 4.74 Å². The number of aliphatic hydroxyl groups excluding tert-OH is 1. The first-order valence-corrected chi connectivity index (χ1v) is 9.31. The molecule has 0 radical (unpaired) electrons. The number of piperidine rings is 1. The minimum absolute atomic E-state index is 0.0468. The highest BCUT2D eigenvalue weighted by Gasteiger charge is 2.40. The molecule has 0 amide bonds. The molecule has 3 unspecified atom stereocenters. The lowest BCUT2D eigenvalue weighted by molar-refractivity contribution is -0.143. The molecule has 0 bridgehead atoms. The third kappa shape index (κ3) is 4.51. The van der Waals surface area contributed by atoms with Crippen LogP contribution < -0.4 is 4.74 Å². The molecule has 136 valence electrons. The van der Waals surface area contributed by atoms with E-state index in [1.165, 1.54) is 24.3 Å². The standard InChI is InChI=1S/C17H21NO6S/c1-3-4-12(2)24-14-6-8-15(9-7-14)25(22,23)18-11-13(19)5-10-16(18)17(20)21/h6-9,12-13,16,19H,5,10-11H2,1-2H3,(H,20,21). The number of hydrogen-bond acceptors (Lipinski definition) is 5. The van der Waals surface area contributed by atoms with Crippen LogP contribution in [-0.4, -0.2) is 53.7 Å². The van der Waals surface area contributed by atoms with Crippen molar-refractivity contribution >= 4 is 16.0 Å². The topological polar surface area (TPSA) is 104 Å². The fraction of sp³-hybridized carbons (Fsp3) is 0.471. The molecule has 0 aliphatic carbocycles. The summed E-state index contributed by atoms with van der Waals surface area (Å²) in [6.45, 7) is 3.23. The quantitative estimate of drug-likeness (QED) is 0.755. The van der Waals surface area contributed by atoms with Gasteiger partial charge in [0.05, 0.1) is 11.0 Å². The molecule has 2 rings (SSSR count). The number of carboxylic acid groups (broad SMARTS) is 1. The van der Waals surface area contributed by atoms with Crippen molar-refractivity contribution in [2.75, 3.05) is 6.54 Å². The summed E-state index contributed by atoms with van der Waals surface area (Å²) in [4.78, 5) is 11.3. The number of carboxylic acids is 1. The highest BCUT2D eigenvalue weighted by molar-refractivity contribution is 7.89. The van der Waals surface area contributed by atoms with Gasteiger partial charge in [-0.1, -0.05) is 5.92 Å². The van der Waals surface area contributed by atoms with Crippen LogP contribution in [0.25, 0.3) is 0 Å². The van der Waals surface area contributed by atoms with Gasteiger partial charge in [-0.15, -0.1) is 5.92 Å². The number of rotatable bonds is 5. The van der Waals surface area contributed by atoms with Crippen molar-refractivity contribution in [1.82, 2.24) is 4.31 Å². The van der Waals surface area contributed by atoms with E-state index >= 15 is 0 Å². The van der Waals surface area contributed by atoms with Crippen molar-refractivity contribution in [2.45, 2.75) is 49.8 Å². The molecule has 0 spiro atoms. The highest BCUT2D eigenvalue weighted by atomic mass is 32.2. The van der Waals surface area contributed by atoms with Crippen molar-refractivity contribution in [3.63, 3.8) is 0 Å². The lowest BCUT2D eigenvalue weighted by Gasteiger charge is -2.34. The van der Waals surface area contributed by atoms with Gasteiger partial charge in [0.15, 0.2) is 6.10 Å². The number of aliphatic hydroxyl groups is 1. The van der Waals surface area contributed by atoms with Crippen molar-refractivity contribution in [3.8, 4) is 17.6 Å². The summed E-state index contributed by atoms with van der Waals surface area (Å²) in [5.74, 6) is 4.79. The van der Waals surface area contributed by atoms with Crippen molar-refractivity contribution in [1.29, 1.82) is 0 Å². The van der Waals surface area contributed by atoms with E-state index in [1.54, 1.807) is 13.8 Å². The van der Waals surface area contributed by atoms with E-state index in [0.717, 1.165) is 4.31 Å². The Morgan fingerprint density at radius 2 is 1.96 bits per heavy atom. The van der Waals surface area contributed by atoms with Gasteiger partial charge in [0.25, 0.3) is 0 Å². The van der Waals surface area contributed by atoms with Crippen LogP contribution in [0.5, 0.6) is 5.75 Å². The molecule has 7 nitrogen and oxygen atoms in total. The van der Waals surface area contributed by atoms with E-state index in [9.17, 15) is 23.4 Å². The van der Waals surface area contributed by atoms with Crippen molar-refractivity contribution < 1.29 is 28.2 Å². The van der Waals surface area contributed by atoms with Crippen LogP contribution in [0.15, 0.2) is 29.2 Å². The zero-order chi connectivity index (χ0) is 18.6. The van der Waals surface area contributed by atoms with Crippen LogP contribution in [0.3, 0.4) is 0 Å². The average Bonchev–Trinajstić information content (AvgIpc) is 2.55. The van der Waals surface area contributed by atoms with E-state index in [1.807, 2.05) is 0 Å². The molecule has 1 fully saturated rings. The maximum atomic E-state index is 12.8. The predicted octanol–water partition coefficient (Wildman–Crippen LogP) is 1.08. The van der Waals surface area contributed by atoms with Gasteiger partial charge in [-0.3, -0.25) is 4.79 Å². The first-order valence-electron chi connectivity index (χ1n) is 7.87. The number of ether oxygens (including phenoxy) is 1. The van der Waals surface area contributed by atoms with Gasteiger partial charge in [0, 0.05) is 6.54 Å². The van der Waals surface area contributed by atoms with Crippen LogP contribution >= 0.6 is 0 Å². The number of sulfonamides is 1. The Labute approximate surface area is 147 Å². The van der Waals surface area contributed by atoms with Gasteiger partial charge in [0.2, 0.25) is 10.0 Å². The Bertz CT molecular complexity index is 778. The first kappa shape index (κ1) is 19.2. The zero-order valence-electron chi connectivity index (χ0n) is 14.0. The summed E-state index contributed by atoms with van der Waals surface area (Å²) in [7, 11) is -4.04. The van der Waals surface area contributed by atoms with Gasteiger partial charge in [-0.2, -0.15) is 4.31 Å². The molecule has 0 saturated carbocycles. The lowest BCUT2D eigenvalue weighted by atomic mass is 10.0. The number of hydrogen-bond donors (Lipinski definition) is 2. The molecule has 8 heteroatoms. The second-order valence-corrected chi connectivity index (χ2v) is 7.68. The Kier molecular flexibility index (Phi) is 6.06. The third-order valence-corrected chi connectivity index (χ3v) is 5.78. The number of nitrogens with zero attached hydrogens (tertiary/aromatic N) is 1. The number of benzene rings is 1. The molecular formula is C17H21NO6S. The summed E-state index contributed by atoms with van der Waals surface area (Å²) in [5.41, 5.74) is 0. The van der Waals surface area contributed by atoms with E-state index in [0.29, 0.717) is 5.75 Å². The molecule has 1 aromatic carbocycles. The highest BCUT2D eigenvalue weighted by Crippen LogP contribution is 2.27. The molecule has 1 aromatic rings. The fourth-order valence-corrected chi connectivity index (χ4v) is 4.34. The predicted molar refractivity (Wildman–Crippen MR) is 90.5 cm³/mol. The Morgan fingerprint density at radius 1 is 1.32 bits per heavy atom. The third-order valence-electron chi connectivity index (χ3n) is 3.89. The normalized spacial score (nSPS) is 22.5. The molecule has 1 aliphatic heterocycles. The molecule has 1 saturated heterocycles. The van der Waals surface area contributed by atoms with Crippen LogP contribution in [0.2, 0.25) is 0 Å². The van der Waals surface area contributed by atoms with Gasteiger partial charge >= 0.3 is 5.97 Å². The van der Waals surface area contributed by atoms with Crippen LogP contribution in [0.1, 0.15) is 26.7 Å². The second-order valence-electron chi connectivity index (χ2n) is 5.79. The lowest BCUT2D eigenvalue weighted by Crippen LogP contribution is -2.51. The van der Waals surface area contributed by atoms with Crippen LogP contribution in [-0.2, 0) is 14.8 Å². The summed E-state index contributed by atoms with van der Waals surface area (Å²) in [5, 5.41) is 19.0. The summed E-state index contributed by atoms with van der Waals surface area (Å²) in [6.07, 6.45) is -0.876. The number of β-amino-alcohol motifs (C(OH)–C–C–N with tert-alkyl or cyclic N) is 1. The van der Waals surface area contributed by atoms with Crippen molar-refractivity contribution in [3.05, 3.63) is 24.3 Å². The maximum Gasteiger partial charge on any atom is 0.322 e. The number of aliphatic carboxylic acids is 1. The molecular weight excluding hydrogens is 346 g/mol. The molecule has 2 N–H and O–H groups in total. The smallest absolute Gasteiger partial charge is 0.322 e. The molecule has 1 heterocycles. The Balaban J connectivity index is 2.25. The van der Waals surface area contributed by atoms with E-state index < -0.39 is 28.1 Å². The average molecular weight is 367 g/mol. The first-order chi connectivity index (χ1) is 11.8. The van der Waals surface area contributed by atoms with Gasteiger partial charge in [0.1, 0.15) is 11.8 Å². The summed E-state index contributed by atoms with van der Waals surface area (Å²) in [6, 6.07) is 4.53. The Hall–Kier alpha value is -2.08. The van der Waals surface area contributed by atoms with E-state index in [2.05, 4.69) is 11.8 Å². The van der Waals surface area contributed by atoms with Gasteiger partial charge in [-0.05, 0) is 51.0 Å². The minimum atomic E-state index is -4.04. The molecule has 0 aromatic heterocycles. The SMILES string of the molecule is CC#CC(C)Oc1ccc(S(=O)(=O)N2CC(O)CCC2C(=O)O)cc1. The minimum Gasteiger partial charge on any atom is -0.480 e.